The van der Waals surface area contributed by atoms with Crippen LogP contribution in [0.2, 0.25) is 0 Å². The molecule has 17 heavy (non-hydrogen) atoms. The summed E-state index contributed by atoms with van der Waals surface area (Å²) in [6, 6.07) is 4.77. The SMILES string of the molecule is CCc1cc(F)cc(-c2ncc(C(N)=O)s2)c1. The van der Waals surface area contributed by atoms with E-state index in [-0.39, 0.29) is 5.82 Å². The average Bonchev–Trinajstić information content (AvgIpc) is 2.77. The lowest BCUT2D eigenvalue weighted by Gasteiger charge is -2.01. The molecule has 0 saturated carbocycles. The van der Waals surface area contributed by atoms with Gasteiger partial charge in [0.15, 0.2) is 0 Å². The smallest absolute Gasteiger partial charge is 0.260 e. The van der Waals surface area contributed by atoms with Crippen molar-refractivity contribution in [2.75, 3.05) is 0 Å². The van der Waals surface area contributed by atoms with E-state index in [0.717, 1.165) is 12.0 Å². The zero-order valence-corrected chi connectivity index (χ0v) is 10.1. The zero-order chi connectivity index (χ0) is 12.4. The fourth-order valence-corrected chi connectivity index (χ4v) is 2.25. The van der Waals surface area contributed by atoms with E-state index in [4.69, 9.17) is 5.73 Å². The fourth-order valence-electron chi connectivity index (χ4n) is 1.50. The summed E-state index contributed by atoms with van der Waals surface area (Å²) in [5.41, 5.74) is 6.73. The number of thiazole rings is 1. The first kappa shape index (κ1) is 11.7. The Morgan fingerprint density at radius 3 is 2.82 bits per heavy atom. The molecule has 0 saturated heterocycles. The zero-order valence-electron chi connectivity index (χ0n) is 9.24. The van der Waals surface area contributed by atoms with Crippen LogP contribution in [0.15, 0.2) is 24.4 Å². The van der Waals surface area contributed by atoms with Gasteiger partial charge in [-0.05, 0) is 30.2 Å². The van der Waals surface area contributed by atoms with Crippen LogP contribution < -0.4 is 5.73 Å². The molecular formula is C12H11FN2OS. The third-order valence-electron chi connectivity index (χ3n) is 2.36. The highest BCUT2D eigenvalue weighted by atomic mass is 32.1. The van der Waals surface area contributed by atoms with E-state index in [2.05, 4.69) is 4.98 Å². The van der Waals surface area contributed by atoms with Gasteiger partial charge in [-0.25, -0.2) is 9.37 Å². The lowest BCUT2D eigenvalue weighted by molar-refractivity contribution is 0.100. The Bertz CT molecular complexity index is 565. The minimum Gasteiger partial charge on any atom is -0.365 e. The number of hydrogen-bond acceptors (Lipinski definition) is 3. The van der Waals surface area contributed by atoms with Gasteiger partial charge in [-0.15, -0.1) is 11.3 Å². The second kappa shape index (κ2) is 4.63. The van der Waals surface area contributed by atoms with E-state index in [1.807, 2.05) is 13.0 Å². The molecule has 0 unspecified atom stereocenters. The molecule has 1 amide bonds. The number of aromatic nitrogens is 1. The molecular weight excluding hydrogens is 239 g/mol. The molecule has 3 nitrogen and oxygen atoms in total. The summed E-state index contributed by atoms with van der Waals surface area (Å²) < 4.78 is 13.4. The number of benzene rings is 1. The first-order valence-corrected chi connectivity index (χ1v) is 5.97. The Labute approximate surface area is 102 Å². The summed E-state index contributed by atoms with van der Waals surface area (Å²) in [7, 11) is 0. The van der Waals surface area contributed by atoms with Crippen LogP contribution in [0, 0.1) is 5.82 Å². The van der Waals surface area contributed by atoms with Crippen molar-refractivity contribution in [2.24, 2.45) is 5.73 Å². The van der Waals surface area contributed by atoms with Crippen molar-refractivity contribution in [1.29, 1.82) is 0 Å². The highest BCUT2D eigenvalue weighted by Crippen LogP contribution is 2.26. The van der Waals surface area contributed by atoms with Crippen LogP contribution in [-0.2, 0) is 6.42 Å². The molecule has 2 aromatic rings. The predicted octanol–water partition coefficient (Wildman–Crippen LogP) is 2.61. The molecule has 0 atom stereocenters. The summed E-state index contributed by atoms with van der Waals surface area (Å²) >= 11 is 1.17. The molecule has 2 N–H and O–H groups in total. The highest BCUT2D eigenvalue weighted by molar-refractivity contribution is 7.16. The van der Waals surface area contributed by atoms with Gasteiger partial charge in [-0.2, -0.15) is 0 Å². The first-order valence-electron chi connectivity index (χ1n) is 5.15. The Balaban J connectivity index is 2.44. The molecule has 1 heterocycles. The van der Waals surface area contributed by atoms with Crippen molar-refractivity contribution in [1.82, 2.24) is 4.98 Å². The Morgan fingerprint density at radius 2 is 2.24 bits per heavy atom. The van der Waals surface area contributed by atoms with E-state index >= 15 is 0 Å². The summed E-state index contributed by atoms with van der Waals surface area (Å²) in [5.74, 6) is -0.809. The van der Waals surface area contributed by atoms with Crippen molar-refractivity contribution < 1.29 is 9.18 Å². The topological polar surface area (TPSA) is 56.0 Å². The van der Waals surface area contributed by atoms with E-state index in [1.54, 1.807) is 0 Å². The standard InChI is InChI=1S/C12H11FN2OS/c1-2-7-3-8(5-9(13)4-7)12-15-6-10(17-12)11(14)16/h3-6H,2H2,1H3,(H2,14,16). The van der Waals surface area contributed by atoms with E-state index < -0.39 is 5.91 Å². The number of carbonyl (C=O) groups is 1. The Morgan fingerprint density at radius 1 is 1.47 bits per heavy atom. The largest absolute Gasteiger partial charge is 0.365 e. The number of nitrogens with two attached hydrogens (primary N) is 1. The van der Waals surface area contributed by atoms with Gasteiger partial charge in [0.25, 0.3) is 5.91 Å². The van der Waals surface area contributed by atoms with Crippen molar-refractivity contribution in [3.63, 3.8) is 0 Å². The van der Waals surface area contributed by atoms with Crippen LogP contribution in [0.5, 0.6) is 0 Å². The van der Waals surface area contributed by atoms with Crippen molar-refractivity contribution in [3.05, 3.63) is 40.7 Å². The van der Waals surface area contributed by atoms with Gasteiger partial charge in [0.2, 0.25) is 0 Å². The van der Waals surface area contributed by atoms with Gasteiger partial charge in [0.05, 0.1) is 6.20 Å². The molecule has 0 aliphatic carbocycles. The lowest BCUT2D eigenvalue weighted by Crippen LogP contribution is -2.08. The summed E-state index contributed by atoms with van der Waals surface area (Å²) in [5, 5.41) is 0.605. The molecule has 2 rings (SSSR count). The van der Waals surface area contributed by atoms with Gasteiger partial charge >= 0.3 is 0 Å². The molecule has 1 aromatic heterocycles. The number of nitrogens with zero attached hydrogens (tertiary/aromatic N) is 1. The van der Waals surface area contributed by atoms with E-state index in [0.29, 0.717) is 15.4 Å². The average molecular weight is 250 g/mol. The quantitative estimate of drug-likeness (QED) is 0.910. The van der Waals surface area contributed by atoms with Gasteiger partial charge < -0.3 is 5.73 Å². The van der Waals surface area contributed by atoms with Crippen molar-refractivity contribution in [2.45, 2.75) is 13.3 Å². The first-order chi connectivity index (χ1) is 8.10. The molecule has 0 aliphatic heterocycles. The van der Waals surface area contributed by atoms with Crippen molar-refractivity contribution >= 4 is 17.2 Å². The molecule has 0 spiro atoms. The molecule has 88 valence electrons. The van der Waals surface area contributed by atoms with Crippen LogP contribution in [-0.4, -0.2) is 10.9 Å². The van der Waals surface area contributed by atoms with Crippen LogP contribution in [0.3, 0.4) is 0 Å². The van der Waals surface area contributed by atoms with Gasteiger partial charge in [0.1, 0.15) is 15.7 Å². The minimum absolute atomic E-state index is 0.296. The van der Waals surface area contributed by atoms with E-state index in [1.165, 1.54) is 29.7 Å². The molecule has 0 radical (unpaired) electrons. The van der Waals surface area contributed by atoms with Gasteiger partial charge in [-0.3, -0.25) is 4.79 Å². The van der Waals surface area contributed by atoms with Gasteiger partial charge in [0, 0.05) is 5.56 Å². The maximum atomic E-state index is 13.4. The number of carbonyl (C=O) groups excluding carboxylic acids is 1. The maximum absolute atomic E-state index is 13.4. The number of hydrogen-bond donors (Lipinski definition) is 1. The molecule has 5 heteroatoms. The van der Waals surface area contributed by atoms with Crippen LogP contribution >= 0.6 is 11.3 Å². The third-order valence-corrected chi connectivity index (χ3v) is 3.42. The normalized spacial score (nSPS) is 10.5. The number of halogens is 1. The van der Waals surface area contributed by atoms with Gasteiger partial charge in [-0.1, -0.05) is 6.92 Å². The molecule has 1 aromatic carbocycles. The fraction of sp³-hybridized carbons (Fsp3) is 0.167. The molecule has 0 fully saturated rings. The molecule has 0 bridgehead atoms. The Hall–Kier alpha value is -1.75. The lowest BCUT2D eigenvalue weighted by atomic mass is 10.1. The molecule has 0 aliphatic rings. The summed E-state index contributed by atoms with van der Waals surface area (Å²) in [6.07, 6.45) is 2.16. The van der Waals surface area contributed by atoms with Crippen LogP contribution in [0.25, 0.3) is 10.6 Å². The van der Waals surface area contributed by atoms with Crippen LogP contribution in [0.4, 0.5) is 4.39 Å². The summed E-state index contributed by atoms with van der Waals surface area (Å²) in [6.45, 7) is 1.95. The second-order valence-electron chi connectivity index (χ2n) is 3.60. The number of aryl methyl sites for hydroxylation is 1. The monoisotopic (exact) mass is 250 g/mol. The van der Waals surface area contributed by atoms with E-state index in [9.17, 15) is 9.18 Å². The third kappa shape index (κ3) is 2.50. The number of primary amides is 1. The van der Waals surface area contributed by atoms with Crippen LogP contribution in [0.1, 0.15) is 22.2 Å². The Kier molecular flexibility index (Phi) is 3.19. The maximum Gasteiger partial charge on any atom is 0.260 e. The minimum atomic E-state index is -0.513. The number of amides is 1. The second-order valence-corrected chi connectivity index (χ2v) is 4.63. The van der Waals surface area contributed by atoms with Crippen molar-refractivity contribution in [3.8, 4) is 10.6 Å². The number of rotatable bonds is 3. The summed E-state index contributed by atoms with van der Waals surface area (Å²) in [4.78, 5) is 15.4. The highest BCUT2D eigenvalue weighted by Gasteiger charge is 2.10. The predicted molar refractivity (Wildman–Crippen MR) is 65.4 cm³/mol.